The lowest BCUT2D eigenvalue weighted by Gasteiger charge is -2.35. The van der Waals surface area contributed by atoms with Gasteiger partial charge in [-0.05, 0) is 42.3 Å². The molecule has 0 spiro atoms. The number of aliphatic hydroxyl groups excluding tert-OH is 2. The number of benzene rings is 2. The highest BCUT2D eigenvalue weighted by Crippen LogP contribution is 2.32. The Labute approximate surface area is 287 Å². The van der Waals surface area contributed by atoms with Gasteiger partial charge in [0.25, 0.3) is 11.8 Å². The number of aliphatic hydroxyl groups is 2. The summed E-state index contributed by atoms with van der Waals surface area (Å²) in [6, 6.07) is 16.1. The summed E-state index contributed by atoms with van der Waals surface area (Å²) < 4.78 is 27.4. The van der Waals surface area contributed by atoms with E-state index in [1.165, 1.54) is 17.2 Å². The number of carbonyl (C=O) groups excluding carboxylic acids is 4. The fourth-order valence-corrected chi connectivity index (χ4v) is 4.68. The molecule has 262 valence electrons. The second-order valence-electron chi connectivity index (χ2n) is 11.8. The van der Waals surface area contributed by atoms with Crippen molar-refractivity contribution in [3.05, 3.63) is 78.1 Å². The fourth-order valence-electron chi connectivity index (χ4n) is 4.68. The number of pyridine rings is 1. The van der Waals surface area contributed by atoms with E-state index >= 15 is 0 Å². The number of likely N-dealkylation sites (N-methyl/N-ethyl adjacent to an activating group) is 1. The quantitative estimate of drug-likeness (QED) is 0.153. The van der Waals surface area contributed by atoms with Crippen LogP contribution >= 0.6 is 0 Å². The predicted octanol–water partition coefficient (Wildman–Crippen LogP) is 0.697. The van der Waals surface area contributed by atoms with Crippen LogP contribution in [0.5, 0.6) is 17.2 Å². The number of nitrogens with two attached hydrogens (primary N) is 1. The summed E-state index contributed by atoms with van der Waals surface area (Å²) in [5.74, 6) is 4.79. The molecule has 1 saturated heterocycles. The zero-order valence-electron chi connectivity index (χ0n) is 27.1. The summed E-state index contributed by atoms with van der Waals surface area (Å²) in [4.78, 5) is 56.5. The lowest BCUT2D eigenvalue weighted by atomic mass is 10.0. The smallest absolute Gasteiger partial charge is 0.308 e. The van der Waals surface area contributed by atoms with Gasteiger partial charge in [-0.15, -0.1) is 0 Å². The molecule has 0 bridgehead atoms. The SMILES string of the molecule is CN1C(=O)[C@@H](NC(=O)c2cc(Oc3ccccc3)ccn2)COc2ccc(C#CC3(OC(=O)CCC(=O)OCC(N)(CO)CO)COC3)cc21. The Hall–Kier alpha value is -5.53. The number of fused-ring (bicyclic) bond motifs is 1. The number of hydrogen-bond acceptors (Lipinski definition) is 13. The maximum absolute atomic E-state index is 13.4. The lowest BCUT2D eigenvalue weighted by Crippen LogP contribution is -2.52. The maximum Gasteiger partial charge on any atom is 0.308 e. The zero-order chi connectivity index (χ0) is 35.7. The van der Waals surface area contributed by atoms with Gasteiger partial charge in [0.05, 0.1) is 37.3 Å². The van der Waals surface area contributed by atoms with E-state index in [0.717, 1.165) is 0 Å². The van der Waals surface area contributed by atoms with E-state index in [0.29, 0.717) is 28.5 Å². The van der Waals surface area contributed by atoms with Crippen molar-refractivity contribution in [2.45, 2.75) is 30.0 Å². The van der Waals surface area contributed by atoms with E-state index in [2.05, 4.69) is 22.1 Å². The summed E-state index contributed by atoms with van der Waals surface area (Å²) in [6.07, 6.45) is 0.823. The summed E-state index contributed by atoms with van der Waals surface area (Å²) in [5.41, 5.74) is 3.91. The van der Waals surface area contributed by atoms with Gasteiger partial charge in [-0.1, -0.05) is 24.1 Å². The molecule has 1 aromatic heterocycles. The highest BCUT2D eigenvalue weighted by atomic mass is 16.6. The van der Waals surface area contributed by atoms with Gasteiger partial charge in [-0.25, -0.2) is 0 Å². The molecule has 5 rings (SSSR count). The molecule has 15 heteroatoms. The average molecular weight is 689 g/mol. The van der Waals surface area contributed by atoms with Crippen molar-refractivity contribution < 1.29 is 53.1 Å². The van der Waals surface area contributed by atoms with Crippen LogP contribution in [-0.4, -0.2) is 103 Å². The minimum absolute atomic E-state index is 0.0167. The van der Waals surface area contributed by atoms with E-state index in [1.54, 1.807) is 43.4 Å². The van der Waals surface area contributed by atoms with Crippen LogP contribution in [0.3, 0.4) is 0 Å². The molecule has 0 radical (unpaired) electrons. The van der Waals surface area contributed by atoms with Crippen molar-refractivity contribution in [3.8, 4) is 29.1 Å². The standard InChI is InChI=1S/C35H36N4O11/c1-39-28-15-23(11-13-35(21-46-22-35)50-31(43)10-9-30(42)48-20-34(36,18-40)19-41)7-8-29(28)47-17-27(33(39)45)38-32(44)26-16-25(12-14-37-26)49-24-5-3-2-4-6-24/h2-8,12,14-16,27,40-41H,9-10,17-22,36H2,1H3,(H,38,44)/t27-/m0/s1. The highest BCUT2D eigenvalue weighted by Gasteiger charge is 2.41. The first-order valence-electron chi connectivity index (χ1n) is 15.6. The molecule has 0 unspecified atom stereocenters. The van der Waals surface area contributed by atoms with Gasteiger partial charge in [0.1, 0.15) is 55.4 Å². The molecule has 2 aliphatic heterocycles. The van der Waals surface area contributed by atoms with Crippen LogP contribution in [0.25, 0.3) is 0 Å². The monoisotopic (exact) mass is 688 g/mol. The van der Waals surface area contributed by atoms with E-state index in [9.17, 15) is 29.4 Å². The Morgan fingerprint density at radius 3 is 2.50 bits per heavy atom. The maximum atomic E-state index is 13.4. The average Bonchev–Trinajstić information content (AvgIpc) is 3.23. The number of rotatable bonds is 12. The van der Waals surface area contributed by atoms with Crippen LogP contribution in [0, 0.1) is 11.8 Å². The number of hydrogen-bond donors (Lipinski definition) is 4. The Bertz CT molecular complexity index is 1780. The third-order valence-electron chi connectivity index (χ3n) is 7.70. The number of aromatic nitrogens is 1. The molecule has 50 heavy (non-hydrogen) atoms. The van der Waals surface area contributed by atoms with E-state index in [-0.39, 0.29) is 38.4 Å². The molecule has 0 aliphatic carbocycles. The van der Waals surface area contributed by atoms with Crippen molar-refractivity contribution in [1.82, 2.24) is 10.3 Å². The van der Waals surface area contributed by atoms with Gasteiger partial charge in [-0.2, -0.15) is 0 Å². The van der Waals surface area contributed by atoms with Crippen LogP contribution in [-0.2, 0) is 28.6 Å². The zero-order valence-corrected chi connectivity index (χ0v) is 27.1. The Morgan fingerprint density at radius 1 is 1.06 bits per heavy atom. The lowest BCUT2D eigenvalue weighted by molar-refractivity contribution is -0.193. The van der Waals surface area contributed by atoms with Crippen molar-refractivity contribution >= 4 is 29.4 Å². The minimum Gasteiger partial charge on any atom is -0.489 e. The topological polar surface area (TPSA) is 209 Å². The number of para-hydroxylation sites is 1. The van der Waals surface area contributed by atoms with Crippen LogP contribution in [0.15, 0.2) is 66.9 Å². The Morgan fingerprint density at radius 2 is 1.80 bits per heavy atom. The summed E-state index contributed by atoms with van der Waals surface area (Å²) in [7, 11) is 1.55. The number of carbonyl (C=O) groups is 4. The molecule has 3 heterocycles. The van der Waals surface area contributed by atoms with Crippen molar-refractivity contribution in [2.24, 2.45) is 5.73 Å². The molecule has 3 aromatic rings. The second-order valence-corrected chi connectivity index (χ2v) is 11.8. The van der Waals surface area contributed by atoms with Gasteiger partial charge in [0.15, 0.2) is 0 Å². The first-order valence-corrected chi connectivity index (χ1v) is 15.6. The Kier molecular flexibility index (Phi) is 11.3. The molecule has 0 saturated carbocycles. The van der Waals surface area contributed by atoms with Crippen molar-refractivity contribution in [3.63, 3.8) is 0 Å². The van der Waals surface area contributed by atoms with Crippen molar-refractivity contribution in [1.29, 1.82) is 0 Å². The molecule has 5 N–H and O–H groups in total. The van der Waals surface area contributed by atoms with Gasteiger partial charge in [0, 0.05) is 24.9 Å². The minimum atomic E-state index is -1.48. The van der Waals surface area contributed by atoms with Gasteiger partial charge in [0.2, 0.25) is 5.60 Å². The van der Waals surface area contributed by atoms with Gasteiger partial charge < -0.3 is 49.8 Å². The third-order valence-corrected chi connectivity index (χ3v) is 7.70. The van der Waals surface area contributed by atoms with Crippen molar-refractivity contribution in [2.75, 3.05) is 51.6 Å². The van der Waals surface area contributed by atoms with Crippen LogP contribution < -0.4 is 25.4 Å². The Balaban J connectivity index is 1.18. The summed E-state index contributed by atoms with van der Waals surface area (Å²) in [5, 5.41) is 21.1. The molecule has 15 nitrogen and oxygen atoms in total. The number of anilines is 1. The van der Waals surface area contributed by atoms with Gasteiger partial charge in [-0.3, -0.25) is 24.2 Å². The summed E-state index contributed by atoms with van der Waals surface area (Å²) in [6.45, 7) is -1.71. The normalized spacial score (nSPS) is 16.3. The molecule has 1 atom stereocenters. The van der Waals surface area contributed by atoms with E-state index in [1.807, 2.05) is 18.2 Å². The third kappa shape index (κ3) is 8.92. The predicted molar refractivity (Wildman–Crippen MR) is 175 cm³/mol. The summed E-state index contributed by atoms with van der Waals surface area (Å²) >= 11 is 0. The number of nitrogens with one attached hydrogen (secondary N) is 1. The van der Waals surface area contributed by atoms with Crippen LogP contribution in [0.4, 0.5) is 5.69 Å². The first-order chi connectivity index (χ1) is 24.0. The molecular formula is C35H36N4O11. The van der Waals surface area contributed by atoms with Crippen LogP contribution in [0.2, 0.25) is 0 Å². The van der Waals surface area contributed by atoms with E-state index in [4.69, 9.17) is 29.4 Å². The molecule has 2 aromatic carbocycles. The van der Waals surface area contributed by atoms with Crippen LogP contribution in [0.1, 0.15) is 28.9 Å². The number of nitrogens with zero attached hydrogens (tertiary/aromatic N) is 2. The first kappa shape index (κ1) is 35.8. The molecule has 2 aliphatic rings. The molecule has 2 amide bonds. The molecular weight excluding hydrogens is 652 g/mol. The fraction of sp³-hybridized carbons (Fsp3) is 0.343. The highest BCUT2D eigenvalue weighted by molar-refractivity contribution is 6.03. The number of esters is 2. The van der Waals surface area contributed by atoms with E-state index < -0.39 is 60.8 Å². The number of ether oxygens (including phenoxy) is 5. The number of amides is 2. The second kappa shape index (κ2) is 15.8. The van der Waals surface area contributed by atoms with Gasteiger partial charge >= 0.3 is 11.9 Å². The largest absolute Gasteiger partial charge is 0.489 e. The molecule has 1 fully saturated rings.